The second kappa shape index (κ2) is 9.92. The predicted octanol–water partition coefficient (Wildman–Crippen LogP) is 4.21. The standard InChI is InChI=1S/C27H44N4O3/c1-19-20(9-12-28-24(32)22-8-6-17-34-22)27(4)11-7-10-26(2,3)23(27)18-21(19)29-25(33)31-15-13-30(5)14-16-31/h6,8,17,19-21,23H,7,9-16,18H2,1-5H3,(H,28,32)(H,29,33)/t19-,20+,21-,23?,27-/m1/s1. The van der Waals surface area contributed by atoms with Crippen LogP contribution in [0.2, 0.25) is 0 Å². The predicted molar refractivity (Wildman–Crippen MR) is 134 cm³/mol. The van der Waals surface area contributed by atoms with Crippen LogP contribution in [0.25, 0.3) is 0 Å². The van der Waals surface area contributed by atoms with Gasteiger partial charge in [0.15, 0.2) is 5.76 Å². The number of nitrogens with zero attached hydrogens (tertiary/aromatic N) is 2. The third-order valence-corrected chi connectivity index (χ3v) is 9.47. The van der Waals surface area contributed by atoms with Gasteiger partial charge in [-0.1, -0.05) is 34.1 Å². The Kier molecular flexibility index (Phi) is 7.32. The van der Waals surface area contributed by atoms with Gasteiger partial charge in [-0.15, -0.1) is 0 Å². The molecule has 0 aromatic carbocycles. The van der Waals surface area contributed by atoms with Gasteiger partial charge < -0.3 is 24.9 Å². The van der Waals surface area contributed by atoms with Crippen molar-refractivity contribution in [1.29, 1.82) is 0 Å². The summed E-state index contributed by atoms with van der Waals surface area (Å²) in [4.78, 5) is 29.9. The maximum atomic E-state index is 13.2. The van der Waals surface area contributed by atoms with Crippen molar-refractivity contribution < 1.29 is 14.0 Å². The minimum atomic E-state index is -0.154. The van der Waals surface area contributed by atoms with Gasteiger partial charge in [-0.3, -0.25) is 4.79 Å². The van der Waals surface area contributed by atoms with Crippen LogP contribution in [0.5, 0.6) is 0 Å². The van der Waals surface area contributed by atoms with Gasteiger partial charge in [0.2, 0.25) is 0 Å². The second-order valence-electron chi connectivity index (χ2n) is 12.0. The van der Waals surface area contributed by atoms with Crippen molar-refractivity contribution in [3.05, 3.63) is 24.2 Å². The van der Waals surface area contributed by atoms with Gasteiger partial charge in [-0.05, 0) is 73.4 Å². The summed E-state index contributed by atoms with van der Waals surface area (Å²) in [5.74, 6) is 1.54. The lowest BCUT2D eigenvalue weighted by Gasteiger charge is -2.61. The Morgan fingerprint density at radius 1 is 1.15 bits per heavy atom. The number of carbonyl (C=O) groups is 2. The van der Waals surface area contributed by atoms with Crippen LogP contribution in [0.1, 0.15) is 70.4 Å². The minimum Gasteiger partial charge on any atom is -0.459 e. The zero-order chi connectivity index (χ0) is 24.5. The number of fused-ring (bicyclic) bond motifs is 1. The smallest absolute Gasteiger partial charge is 0.317 e. The highest BCUT2D eigenvalue weighted by molar-refractivity contribution is 5.91. The second-order valence-corrected chi connectivity index (χ2v) is 12.0. The number of hydrogen-bond donors (Lipinski definition) is 2. The van der Waals surface area contributed by atoms with Crippen molar-refractivity contribution in [3.8, 4) is 0 Å². The van der Waals surface area contributed by atoms with Gasteiger partial charge >= 0.3 is 6.03 Å². The van der Waals surface area contributed by atoms with E-state index in [-0.39, 0.29) is 28.8 Å². The molecule has 190 valence electrons. The third kappa shape index (κ3) is 5.00. The molecule has 2 saturated carbocycles. The summed E-state index contributed by atoms with van der Waals surface area (Å²) in [6.45, 7) is 13.7. The van der Waals surface area contributed by atoms with Crippen LogP contribution in [0.3, 0.4) is 0 Å². The number of hydrogen-bond acceptors (Lipinski definition) is 4. The largest absolute Gasteiger partial charge is 0.459 e. The van der Waals surface area contributed by atoms with Crippen LogP contribution in [-0.2, 0) is 0 Å². The zero-order valence-corrected chi connectivity index (χ0v) is 21.7. The van der Waals surface area contributed by atoms with E-state index < -0.39 is 0 Å². The molecule has 7 heteroatoms. The van der Waals surface area contributed by atoms with Crippen molar-refractivity contribution in [2.45, 2.75) is 65.8 Å². The molecule has 0 bridgehead atoms. The Morgan fingerprint density at radius 3 is 2.56 bits per heavy atom. The van der Waals surface area contributed by atoms with Crippen LogP contribution in [0.15, 0.2) is 22.8 Å². The molecule has 3 aliphatic rings. The Bertz CT molecular complexity index is 846. The Morgan fingerprint density at radius 2 is 1.88 bits per heavy atom. The number of likely N-dealkylation sites (N-methyl/N-ethyl adjacent to an activating group) is 1. The molecule has 0 radical (unpaired) electrons. The molecule has 1 saturated heterocycles. The van der Waals surface area contributed by atoms with Gasteiger partial charge in [0.05, 0.1) is 6.26 Å². The first-order valence-electron chi connectivity index (χ1n) is 13.2. The Hall–Kier alpha value is -2.02. The molecular weight excluding hydrogens is 428 g/mol. The van der Waals surface area contributed by atoms with Crippen molar-refractivity contribution in [1.82, 2.24) is 20.4 Å². The first-order chi connectivity index (χ1) is 16.1. The Labute approximate surface area is 205 Å². The topological polar surface area (TPSA) is 77.8 Å². The summed E-state index contributed by atoms with van der Waals surface area (Å²) >= 11 is 0. The first kappa shape index (κ1) is 25.1. The molecule has 2 aliphatic carbocycles. The molecule has 5 atom stereocenters. The summed E-state index contributed by atoms with van der Waals surface area (Å²) in [6.07, 6.45) is 7.20. The molecule has 1 aliphatic heterocycles. The van der Waals surface area contributed by atoms with E-state index in [9.17, 15) is 9.59 Å². The average Bonchev–Trinajstić information content (AvgIpc) is 3.32. The van der Waals surface area contributed by atoms with Gasteiger partial charge in [-0.2, -0.15) is 0 Å². The highest BCUT2D eigenvalue weighted by atomic mass is 16.3. The van der Waals surface area contributed by atoms with Gasteiger partial charge in [-0.25, -0.2) is 4.79 Å². The summed E-state index contributed by atoms with van der Waals surface area (Å²) in [6, 6.07) is 3.69. The van der Waals surface area contributed by atoms with E-state index in [4.69, 9.17) is 4.42 Å². The van der Waals surface area contributed by atoms with Crippen molar-refractivity contribution in [2.75, 3.05) is 39.8 Å². The lowest BCUT2D eigenvalue weighted by Crippen LogP contribution is -2.61. The molecule has 2 N–H and O–H groups in total. The van der Waals surface area contributed by atoms with Crippen LogP contribution in [0, 0.1) is 28.6 Å². The highest BCUT2D eigenvalue weighted by Gasteiger charge is 2.56. The van der Waals surface area contributed by atoms with E-state index in [0.29, 0.717) is 30.1 Å². The number of nitrogens with one attached hydrogen (secondary N) is 2. The number of carbonyl (C=O) groups excluding carboxylic acids is 2. The van der Waals surface area contributed by atoms with Crippen LogP contribution >= 0.6 is 0 Å². The van der Waals surface area contributed by atoms with Crippen molar-refractivity contribution in [3.63, 3.8) is 0 Å². The van der Waals surface area contributed by atoms with Gasteiger partial charge in [0, 0.05) is 38.8 Å². The lowest BCUT2D eigenvalue weighted by atomic mass is 9.45. The van der Waals surface area contributed by atoms with Crippen LogP contribution < -0.4 is 10.6 Å². The van der Waals surface area contributed by atoms with E-state index >= 15 is 0 Å². The highest BCUT2D eigenvalue weighted by Crippen LogP contribution is 2.61. The molecule has 1 unspecified atom stereocenters. The summed E-state index contributed by atoms with van der Waals surface area (Å²) in [5, 5.41) is 6.52. The molecule has 3 amide bonds. The van der Waals surface area contributed by atoms with E-state index in [1.54, 1.807) is 12.1 Å². The molecule has 3 fully saturated rings. The van der Waals surface area contributed by atoms with E-state index in [0.717, 1.165) is 39.0 Å². The number of amides is 3. The Balaban J connectivity index is 1.47. The fraction of sp³-hybridized carbons (Fsp3) is 0.778. The van der Waals surface area contributed by atoms with E-state index in [1.807, 2.05) is 4.90 Å². The number of piperazine rings is 1. The maximum absolute atomic E-state index is 13.2. The molecule has 34 heavy (non-hydrogen) atoms. The summed E-state index contributed by atoms with van der Waals surface area (Å²) in [5.41, 5.74) is 0.464. The average molecular weight is 473 g/mol. The van der Waals surface area contributed by atoms with Crippen molar-refractivity contribution in [2.24, 2.45) is 28.6 Å². The van der Waals surface area contributed by atoms with Crippen LogP contribution in [-0.4, -0.2) is 67.6 Å². The fourth-order valence-electron chi connectivity index (χ4n) is 7.43. The number of urea groups is 1. The third-order valence-electron chi connectivity index (χ3n) is 9.47. The molecule has 1 aromatic rings. The van der Waals surface area contributed by atoms with Gasteiger partial charge in [0.1, 0.15) is 0 Å². The van der Waals surface area contributed by atoms with E-state index in [1.165, 1.54) is 25.5 Å². The minimum absolute atomic E-state index is 0.0899. The van der Waals surface area contributed by atoms with Crippen molar-refractivity contribution >= 4 is 11.9 Å². The molecule has 0 spiro atoms. The molecule has 7 nitrogen and oxygen atoms in total. The lowest BCUT2D eigenvalue weighted by molar-refractivity contribution is -0.106. The molecule has 4 rings (SSSR count). The molecule has 2 heterocycles. The maximum Gasteiger partial charge on any atom is 0.317 e. The normalized spacial score (nSPS) is 33.7. The summed E-state index contributed by atoms with van der Waals surface area (Å²) < 4.78 is 5.25. The molecule has 1 aromatic heterocycles. The quantitative estimate of drug-likeness (QED) is 0.673. The number of rotatable bonds is 5. The monoisotopic (exact) mass is 472 g/mol. The van der Waals surface area contributed by atoms with Crippen LogP contribution in [0.4, 0.5) is 4.79 Å². The zero-order valence-electron chi connectivity index (χ0n) is 21.7. The molecular formula is C27H44N4O3. The van der Waals surface area contributed by atoms with Gasteiger partial charge in [0.25, 0.3) is 5.91 Å². The first-order valence-corrected chi connectivity index (χ1v) is 13.2. The number of furan rings is 1. The summed E-state index contributed by atoms with van der Waals surface area (Å²) in [7, 11) is 2.11. The van der Waals surface area contributed by atoms with E-state index in [2.05, 4.69) is 50.3 Å². The fourth-order valence-corrected chi connectivity index (χ4v) is 7.43. The SMILES string of the molecule is C[C@H]1[C@H](NC(=O)N2CCN(C)CC2)CC2C(C)(C)CCC[C@]2(C)[C@H]1CCNC(=O)c1ccco1.